The molecule has 0 spiro atoms. The minimum absolute atomic E-state index is 0.164. The molecule has 98 heavy (non-hydrogen) atoms. The van der Waals surface area contributed by atoms with E-state index in [1.807, 2.05) is 0 Å². The topological polar surface area (TPSA) is 9.86 Å². The zero-order chi connectivity index (χ0) is 65.6. The number of nitrogens with zero attached hydrogens (tertiary/aromatic N) is 2. The van der Waals surface area contributed by atoms with Gasteiger partial charge in [-0.3, -0.25) is 0 Å². The Balaban J connectivity index is 0.754. The van der Waals surface area contributed by atoms with Crippen molar-refractivity contribution in [3.8, 4) is 123 Å². The Morgan fingerprint density at radius 3 is 0.969 bits per heavy atom. The molecule has 0 amide bonds. The minimum atomic E-state index is -0.164. The number of rotatable bonds is 12. The van der Waals surface area contributed by atoms with E-state index in [2.05, 4.69) is 383 Å². The lowest BCUT2D eigenvalue weighted by molar-refractivity contribution is 0.661. The van der Waals surface area contributed by atoms with Crippen molar-refractivity contribution in [3.63, 3.8) is 0 Å². The van der Waals surface area contributed by atoms with Gasteiger partial charge in [0, 0.05) is 38.3 Å². The van der Waals surface area contributed by atoms with E-state index in [0.29, 0.717) is 5.92 Å². The second-order valence-electron chi connectivity index (χ2n) is 27.4. The van der Waals surface area contributed by atoms with E-state index in [1.54, 1.807) is 0 Å². The van der Waals surface area contributed by atoms with E-state index in [4.69, 9.17) is 0 Å². The SMILES string of the molecule is CC(C)c1cc2c(cc1-c1ccccc1)c1cc(-c3ccc(-c4ccc5c(c4)c4cc6c(cc4n5-c4cccc(-c5cc(-c7ccccc7)cc(-c7ccccc7)c5)c4)C(C)(C)c4ccccc4-6)cc3)ccc1n2-c1cccc(-c2cc(-c3ccccc3)cc(-c3ccccc3)c2)c1. The van der Waals surface area contributed by atoms with E-state index < -0.39 is 0 Å². The van der Waals surface area contributed by atoms with Gasteiger partial charge in [-0.2, -0.15) is 0 Å². The zero-order valence-corrected chi connectivity index (χ0v) is 55.4. The largest absolute Gasteiger partial charge is 0.309 e. The summed E-state index contributed by atoms with van der Waals surface area (Å²) in [6.07, 6.45) is 0. The number of fused-ring (bicyclic) bond motifs is 9. The smallest absolute Gasteiger partial charge is 0.0544 e. The summed E-state index contributed by atoms with van der Waals surface area (Å²) in [5.41, 5.74) is 35.1. The Kier molecular flexibility index (Phi) is 14.1. The maximum atomic E-state index is 2.52. The van der Waals surface area contributed by atoms with Crippen LogP contribution >= 0.6 is 0 Å². The Morgan fingerprint density at radius 1 is 0.214 bits per heavy atom. The van der Waals surface area contributed by atoms with Crippen LogP contribution in [0.4, 0.5) is 0 Å². The molecule has 2 heterocycles. The van der Waals surface area contributed by atoms with Crippen molar-refractivity contribution in [2.45, 2.75) is 39.0 Å². The lowest BCUT2D eigenvalue weighted by Crippen LogP contribution is -2.14. The fraction of sp³-hybridized carbons (Fsp3) is 0.0625. The van der Waals surface area contributed by atoms with Gasteiger partial charge in [-0.15, -0.1) is 0 Å². The number of hydrogen-bond donors (Lipinski definition) is 0. The molecular weight excluding hydrogens is 1180 g/mol. The molecular formula is C96H70N2. The Hall–Kier alpha value is -12.1. The molecule has 0 N–H and O–H groups in total. The van der Waals surface area contributed by atoms with Gasteiger partial charge in [0.15, 0.2) is 0 Å². The van der Waals surface area contributed by atoms with Gasteiger partial charge in [-0.25, -0.2) is 0 Å². The van der Waals surface area contributed by atoms with Crippen molar-refractivity contribution in [1.29, 1.82) is 0 Å². The van der Waals surface area contributed by atoms with Crippen LogP contribution in [0.25, 0.3) is 166 Å². The molecule has 1 aliphatic carbocycles. The standard InChI is InChI=1S/C96H70N2/c1-62(2)83-60-94-88(58-84(83)69-32-18-9-19-33-69)86-56-72(44-46-92(86)97(94)80-36-22-34-70(54-80)78-50-74(63-24-10-5-11-25-63)48-75(51-78)64-26-12-6-13-27-64)67-40-42-68(43-41-67)73-45-47-93-87(57-73)89-59-85-82-38-20-21-39-90(82)96(3,4)91(85)61-95(89)98(93)81-37-23-35-71(55-81)79-52-76(65-28-14-7-15-29-65)49-77(53-79)66-30-16-8-17-31-66/h5-62H,1-4H3. The summed E-state index contributed by atoms with van der Waals surface area (Å²) < 4.78 is 5.02. The van der Waals surface area contributed by atoms with Crippen LogP contribution in [-0.4, -0.2) is 9.13 Å². The number of benzene rings is 15. The molecule has 2 heteroatoms. The summed E-state index contributed by atoms with van der Waals surface area (Å²) in [6.45, 7) is 9.42. The maximum Gasteiger partial charge on any atom is 0.0544 e. The van der Waals surface area contributed by atoms with Crippen LogP contribution < -0.4 is 0 Å². The third-order valence-corrected chi connectivity index (χ3v) is 20.8. The molecule has 2 nitrogen and oxygen atoms in total. The van der Waals surface area contributed by atoms with Gasteiger partial charge in [0.1, 0.15) is 0 Å². The average molecular weight is 1250 g/mol. The summed E-state index contributed by atoms with van der Waals surface area (Å²) in [4.78, 5) is 0. The van der Waals surface area contributed by atoms with Crippen molar-refractivity contribution in [1.82, 2.24) is 9.13 Å². The van der Waals surface area contributed by atoms with Gasteiger partial charge in [0.05, 0.1) is 22.1 Å². The molecule has 0 saturated heterocycles. The molecule has 17 aromatic rings. The van der Waals surface area contributed by atoms with Crippen LogP contribution in [0.15, 0.2) is 346 Å². The monoisotopic (exact) mass is 1250 g/mol. The Bertz CT molecular complexity index is 5740. The first-order valence-corrected chi connectivity index (χ1v) is 34.4. The third-order valence-electron chi connectivity index (χ3n) is 20.8. The van der Waals surface area contributed by atoms with Gasteiger partial charge in [0.2, 0.25) is 0 Å². The van der Waals surface area contributed by atoms with E-state index in [1.165, 1.54) is 172 Å². The summed E-state index contributed by atoms with van der Waals surface area (Å²) >= 11 is 0. The van der Waals surface area contributed by atoms with Crippen LogP contribution in [0, 0.1) is 0 Å². The molecule has 464 valence electrons. The Labute approximate surface area is 573 Å². The highest BCUT2D eigenvalue weighted by atomic mass is 15.0. The van der Waals surface area contributed by atoms with E-state index >= 15 is 0 Å². The third kappa shape index (κ3) is 10.1. The van der Waals surface area contributed by atoms with Crippen LogP contribution in [0.5, 0.6) is 0 Å². The zero-order valence-electron chi connectivity index (χ0n) is 55.4. The van der Waals surface area contributed by atoms with Crippen molar-refractivity contribution in [2.24, 2.45) is 0 Å². The van der Waals surface area contributed by atoms with E-state index in [-0.39, 0.29) is 5.41 Å². The first-order valence-electron chi connectivity index (χ1n) is 34.4. The van der Waals surface area contributed by atoms with Crippen LogP contribution in [-0.2, 0) is 5.41 Å². The second-order valence-corrected chi connectivity index (χ2v) is 27.4. The molecule has 1 aliphatic rings. The fourth-order valence-corrected chi connectivity index (χ4v) is 15.8. The highest BCUT2D eigenvalue weighted by Gasteiger charge is 2.36. The summed E-state index contributed by atoms with van der Waals surface area (Å²) in [6, 6.07) is 129. The molecule has 0 atom stereocenters. The van der Waals surface area contributed by atoms with Crippen LogP contribution in [0.2, 0.25) is 0 Å². The van der Waals surface area contributed by atoms with Crippen molar-refractivity contribution in [2.75, 3.05) is 0 Å². The molecule has 0 radical (unpaired) electrons. The van der Waals surface area contributed by atoms with Gasteiger partial charge < -0.3 is 9.13 Å². The summed E-state index contributed by atoms with van der Waals surface area (Å²) in [5.74, 6) is 0.296. The first-order chi connectivity index (χ1) is 48.1. The van der Waals surface area contributed by atoms with Crippen molar-refractivity contribution >= 4 is 43.6 Å². The normalized spacial score (nSPS) is 12.5. The molecule has 0 aliphatic heterocycles. The molecule has 0 saturated carbocycles. The molecule has 0 unspecified atom stereocenters. The quantitative estimate of drug-likeness (QED) is 0.115. The van der Waals surface area contributed by atoms with E-state index in [9.17, 15) is 0 Å². The number of aromatic nitrogens is 2. The highest BCUT2D eigenvalue weighted by molar-refractivity contribution is 6.14. The average Bonchev–Trinajstić information content (AvgIpc) is 1.56. The minimum Gasteiger partial charge on any atom is -0.309 e. The van der Waals surface area contributed by atoms with Gasteiger partial charge in [-0.1, -0.05) is 264 Å². The lowest BCUT2D eigenvalue weighted by Gasteiger charge is -2.21. The molecule has 0 fully saturated rings. The highest BCUT2D eigenvalue weighted by Crippen LogP contribution is 2.52. The molecule has 15 aromatic carbocycles. The van der Waals surface area contributed by atoms with Gasteiger partial charge in [0.25, 0.3) is 0 Å². The van der Waals surface area contributed by atoms with Crippen molar-refractivity contribution < 1.29 is 0 Å². The predicted molar refractivity (Wildman–Crippen MR) is 416 cm³/mol. The molecule has 18 rings (SSSR count). The second kappa shape index (κ2) is 23.7. The van der Waals surface area contributed by atoms with Crippen LogP contribution in [0.1, 0.15) is 50.3 Å². The maximum absolute atomic E-state index is 2.52. The number of hydrogen-bond acceptors (Lipinski definition) is 0. The van der Waals surface area contributed by atoms with E-state index in [0.717, 1.165) is 11.4 Å². The lowest BCUT2D eigenvalue weighted by atomic mass is 9.82. The first kappa shape index (κ1) is 58.5. The van der Waals surface area contributed by atoms with Crippen molar-refractivity contribution in [3.05, 3.63) is 362 Å². The molecule has 2 aromatic heterocycles. The van der Waals surface area contributed by atoms with Crippen LogP contribution in [0.3, 0.4) is 0 Å². The Morgan fingerprint density at radius 2 is 0.541 bits per heavy atom. The van der Waals surface area contributed by atoms with Gasteiger partial charge in [-0.05, 0) is 243 Å². The fourth-order valence-electron chi connectivity index (χ4n) is 15.8. The summed E-state index contributed by atoms with van der Waals surface area (Å²) in [5, 5.41) is 4.93. The van der Waals surface area contributed by atoms with Gasteiger partial charge >= 0.3 is 0 Å². The molecule has 0 bridgehead atoms. The summed E-state index contributed by atoms with van der Waals surface area (Å²) in [7, 11) is 0. The predicted octanol–water partition coefficient (Wildman–Crippen LogP) is 26.3.